The number of methoxy groups -OCH3 is 1. The van der Waals surface area contributed by atoms with E-state index in [0.717, 1.165) is 0 Å². The van der Waals surface area contributed by atoms with Gasteiger partial charge in [0.15, 0.2) is 0 Å². The van der Waals surface area contributed by atoms with E-state index < -0.39 is 15.0 Å². The van der Waals surface area contributed by atoms with E-state index in [1.54, 1.807) is 0 Å². The Bertz CT molecular complexity index is 124. The van der Waals surface area contributed by atoms with Crippen molar-refractivity contribution in [1.82, 2.24) is 0 Å². The molecule has 0 amide bonds. The van der Waals surface area contributed by atoms with Crippen molar-refractivity contribution >= 4 is 15.0 Å². The second-order valence-corrected chi connectivity index (χ2v) is 4.74. The van der Waals surface area contributed by atoms with Gasteiger partial charge in [-0.15, -0.1) is 12.3 Å². The molecular formula is C6H12O3Si. The van der Waals surface area contributed by atoms with E-state index in [2.05, 4.69) is 16.1 Å². The lowest BCUT2D eigenvalue weighted by Crippen LogP contribution is -2.17. The first-order valence-corrected chi connectivity index (χ1v) is 5.67. The number of rotatable bonds is 3. The van der Waals surface area contributed by atoms with Crippen LogP contribution in [0.25, 0.3) is 0 Å². The standard InChI is InChI=1S/C6H12O3Si/c1-4-10(3)5-9-6(7)8-2/h4,10H,1,5H2,2-3H3. The summed E-state index contributed by atoms with van der Waals surface area (Å²) >= 11 is 0. The van der Waals surface area contributed by atoms with Crippen LogP contribution in [0.1, 0.15) is 0 Å². The highest BCUT2D eigenvalue weighted by molar-refractivity contribution is 6.62. The molecule has 0 aromatic rings. The second kappa shape index (κ2) is 5.05. The highest BCUT2D eigenvalue weighted by Crippen LogP contribution is 1.87. The zero-order chi connectivity index (χ0) is 7.98. The Morgan fingerprint density at radius 1 is 1.80 bits per heavy atom. The highest BCUT2D eigenvalue weighted by Gasteiger charge is 2.03. The fraction of sp³-hybridized carbons (Fsp3) is 0.500. The van der Waals surface area contributed by atoms with Crippen LogP contribution in [0.5, 0.6) is 0 Å². The van der Waals surface area contributed by atoms with Gasteiger partial charge in [-0.25, -0.2) is 4.79 Å². The lowest BCUT2D eigenvalue weighted by atomic mass is 11.3. The fourth-order valence-corrected chi connectivity index (χ4v) is 0.862. The Kier molecular flexibility index (Phi) is 4.66. The van der Waals surface area contributed by atoms with Crippen LogP contribution in [-0.4, -0.2) is 28.3 Å². The summed E-state index contributed by atoms with van der Waals surface area (Å²) in [6, 6.07) is 0. The third-order valence-corrected chi connectivity index (χ3v) is 2.53. The van der Waals surface area contributed by atoms with Gasteiger partial charge in [0.25, 0.3) is 0 Å². The minimum absolute atomic E-state index is 0.468. The van der Waals surface area contributed by atoms with Crippen LogP contribution in [0, 0.1) is 0 Å². The van der Waals surface area contributed by atoms with Gasteiger partial charge in [-0.1, -0.05) is 6.55 Å². The van der Waals surface area contributed by atoms with Crippen molar-refractivity contribution in [3.8, 4) is 0 Å². The Balaban J connectivity index is 3.34. The minimum atomic E-state index is -1.01. The smallest absolute Gasteiger partial charge is 0.438 e. The largest absolute Gasteiger partial charge is 0.507 e. The zero-order valence-corrected chi connectivity index (χ0v) is 7.45. The first-order valence-electron chi connectivity index (χ1n) is 3.04. The van der Waals surface area contributed by atoms with Crippen molar-refractivity contribution in [1.29, 1.82) is 0 Å². The Morgan fingerprint density at radius 3 is 2.80 bits per heavy atom. The van der Waals surface area contributed by atoms with Gasteiger partial charge in [0.2, 0.25) is 0 Å². The molecule has 4 heteroatoms. The minimum Gasteiger partial charge on any atom is -0.438 e. The first-order chi connectivity index (χ1) is 4.70. The maximum atomic E-state index is 10.4. The zero-order valence-electron chi connectivity index (χ0n) is 6.29. The van der Waals surface area contributed by atoms with Crippen LogP contribution in [0.4, 0.5) is 4.79 Å². The van der Waals surface area contributed by atoms with Crippen LogP contribution >= 0.6 is 0 Å². The third-order valence-electron chi connectivity index (χ3n) is 1.03. The summed E-state index contributed by atoms with van der Waals surface area (Å²) < 4.78 is 8.95. The SMILES string of the molecule is C=C[SiH](C)COC(=O)OC. The van der Waals surface area contributed by atoms with Gasteiger partial charge < -0.3 is 9.47 Å². The monoisotopic (exact) mass is 160 g/mol. The molecule has 58 valence electrons. The lowest BCUT2D eigenvalue weighted by Gasteiger charge is -2.03. The first kappa shape index (κ1) is 9.23. The molecule has 3 nitrogen and oxygen atoms in total. The third kappa shape index (κ3) is 4.14. The summed E-state index contributed by atoms with van der Waals surface area (Å²) in [4.78, 5) is 10.4. The predicted octanol–water partition coefficient (Wildman–Crippen LogP) is 0.891. The summed E-state index contributed by atoms with van der Waals surface area (Å²) in [5.41, 5.74) is 1.85. The molecule has 1 atom stereocenters. The van der Waals surface area contributed by atoms with Crippen molar-refractivity contribution in [2.24, 2.45) is 0 Å². The summed E-state index contributed by atoms with van der Waals surface area (Å²) in [5.74, 6) is 0. The van der Waals surface area contributed by atoms with E-state index in [0.29, 0.717) is 6.23 Å². The molecule has 0 aromatic carbocycles. The van der Waals surface area contributed by atoms with Crippen LogP contribution in [0.3, 0.4) is 0 Å². The summed E-state index contributed by atoms with van der Waals surface area (Å²) in [5, 5.41) is 0. The molecule has 0 saturated heterocycles. The predicted molar refractivity (Wildman–Crippen MR) is 41.6 cm³/mol. The molecule has 0 aromatic heterocycles. The Hall–Kier alpha value is -0.773. The molecule has 0 aliphatic carbocycles. The molecule has 0 saturated carbocycles. The van der Waals surface area contributed by atoms with E-state index in [4.69, 9.17) is 0 Å². The van der Waals surface area contributed by atoms with E-state index in [1.165, 1.54) is 7.11 Å². The number of hydrogen-bond acceptors (Lipinski definition) is 3. The van der Waals surface area contributed by atoms with Crippen molar-refractivity contribution in [2.45, 2.75) is 6.55 Å². The van der Waals surface area contributed by atoms with Crippen molar-refractivity contribution < 1.29 is 14.3 Å². The Morgan fingerprint density at radius 2 is 2.40 bits per heavy atom. The van der Waals surface area contributed by atoms with Gasteiger partial charge in [0.1, 0.15) is 8.80 Å². The van der Waals surface area contributed by atoms with E-state index in [1.807, 2.05) is 12.2 Å². The topological polar surface area (TPSA) is 35.5 Å². The Labute approximate surface area is 62.2 Å². The van der Waals surface area contributed by atoms with Crippen molar-refractivity contribution in [2.75, 3.05) is 13.3 Å². The molecule has 10 heavy (non-hydrogen) atoms. The molecule has 0 spiro atoms. The molecule has 0 N–H and O–H groups in total. The normalized spacial score (nSPS) is 11.8. The quantitative estimate of drug-likeness (QED) is 0.454. The average molecular weight is 160 g/mol. The maximum absolute atomic E-state index is 10.4. The van der Waals surface area contributed by atoms with Crippen LogP contribution in [0.15, 0.2) is 12.3 Å². The van der Waals surface area contributed by atoms with E-state index >= 15 is 0 Å². The van der Waals surface area contributed by atoms with Gasteiger partial charge in [-0.05, 0) is 0 Å². The van der Waals surface area contributed by atoms with Gasteiger partial charge in [-0.3, -0.25) is 0 Å². The fourth-order valence-electron chi connectivity index (χ4n) is 0.326. The summed E-state index contributed by atoms with van der Waals surface area (Å²) in [6.07, 6.45) is -0.142. The summed E-state index contributed by atoms with van der Waals surface area (Å²) in [6.45, 7) is 5.63. The molecule has 0 rings (SSSR count). The average Bonchev–Trinajstić information content (AvgIpc) is 1.99. The highest BCUT2D eigenvalue weighted by atomic mass is 28.3. The van der Waals surface area contributed by atoms with Crippen molar-refractivity contribution in [3.63, 3.8) is 0 Å². The van der Waals surface area contributed by atoms with Crippen LogP contribution in [-0.2, 0) is 9.47 Å². The molecule has 0 aliphatic rings. The summed E-state index contributed by atoms with van der Waals surface area (Å²) in [7, 11) is 0.284. The van der Waals surface area contributed by atoms with Gasteiger partial charge >= 0.3 is 6.16 Å². The molecule has 0 aliphatic heterocycles. The molecule has 0 radical (unpaired) electrons. The maximum Gasteiger partial charge on any atom is 0.507 e. The van der Waals surface area contributed by atoms with Gasteiger partial charge in [0.05, 0.1) is 13.3 Å². The molecule has 0 bridgehead atoms. The van der Waals surface area contributed by atoms with Gasteiger partial charge in [0, 0.05) is 0 Å². The van der Waals surface area contributed by atoms with Crippen molar-refractivity contribution in [3.05, 3.63) is 12.3 Å². The van der Waals surface area contributed by atoms with Gasteiger partial charge in [-0.2, -0.15) is 0 Å². The number of hydrogen-bond donors (Lipinski definition) is 0. The molecular weight excluding hydrogens is 148 g/mol. The van der Waals surface area contributed by atoms with Crippen LogP contribution < -0.4 is 0 Å². The number of carbonyl (C=O) groups excluding carboxylic acids is 1. The number of ether oxygens (including phenoxy) is 2. The molecule has 0 heterocycles. The van der Waals surface area contributed by atoms with Crippen LogP contribution in [0.2, 0.25) is 6.55 Å². The number of carbonyl (C=O) groups is 1. The second-order valence-electron chi connectivity index (χ2n) is 1.98. The van der Waals surface area contributed by atoms with E-state index in [-0.39, 0.29) is 0 Å². The molecule has 0 fully saturated rings. The molecule has 1 unspecified atom stereocenters. The van der Waals surface area contributed by atoms with E-state index in [9.17, 15) is 4.79 Å². The lowest BCUT2D eigenvalue weighted by molar-refractivity contribution is 0.0858.